The van der Waals surface area contributed by atoms with Crippen molar-refractivity contribution in [2.45, 2.75) is 0 Å². The van der Waals surface area contributed by atoms with Crippen molar-refractivity contribution in [3.63, 3.8) is 0 Å². The zero-order valence-corrected chi connectivity index (χ0v) is 21.0. The zero-order valence-electron chi connectivity index (χ0n) is 5.47. The van der Waals surface area contributed by atoms with E-state index in [2.05, 4.69) is 0 Å². The summed E-state index contributed by atoms with van der Waals surface area (Å²) in [7, 11) is 0. The summed E-state index contributed by atoms with van der Waals surface area (Å²) in [6.07, 6.45) is 0. The molecule has 11 heteroatoms. The maximum atomic E-state index is 8.60. The Morgan fingerprint density at radius 1 is 0.455 bits per heavy atom. The molecule has 11 heavy (non-hydrogen) atoms. The summed E-state index contributed by atoms with van der Waals surface area (Å²) < 4.78 is 51.6. The first-order valence-corrected chi connectivity index (χ1v) is 7.35. The summed E-state index contributed by atoms with van der Waals surface area (Å²) in [6, 6.07) is 0. The molecule has 6 nitrogen and oxygen atoms in total. The van der Waals surface area contributed by atoms with Crippen LogP contribution in [0.4, 0.5) is 0 Å². The van der Waals surface area contributed by atoms with E-state index < -0.39 is 42.9 Å². The van der Waals surface area contributed by atoms with Gasteiger partial charge in [0.1, 0.15) is 0 Å². The smallest absolute Gasteiger partial charge is 2.00 e. The predicted octanol–water partition coefficient (Wildman–Crippen LogP) is -9.04. The van der Waals surface area contributed by atoms with E-state index in [9.17, 15) is 0 Å². The second kappa shape index (κ2) is 24.9. The molecule has 0 rings (SSSR count). The summed E-state index contributed by atoms with van der Waals surface area (Å²) in [6.45, 7) is 0. The Morgan fingerprint density at radius 3 is 0.455 bits per heavy atom. The average molecular weight is 602 g/mol. The van der Waals surface area contributed by atoms with Crippen molar-refractivity contribution in [2.24, 2.45) is 0 Å². The SMILES string of the molecule is [O-][Sb]([O-])[O-].[O-][Sb]([O-])[O-].[Sr+2].[Sr+2].[Sr+2]. The molecule has 0 aliphatic heterocycles. The van der Waals surface area contributed by atoms with Crippen molar-refractivity contribution in [3.05, 3.63) is 0 Å². The monoisotopic (exact) mass is 601 g/mol. The van der Waals surface area contributed by atoms with E-state index in [4.69, 9.17) is 20.3 Å². The molecule has 0 saturated heterocycles. The predicted molar refractivity (Wildman–Crippen MR) is 28.8 cm³/mol. The maximum absolute atomic E-state index is 8.60. The molecular weight excluding hydrogens is 602 g/mol. The second-order valence-electron chi connectivity index (χ2n) is 0.447. The Hall–Kier alpha value is 5.84. The molecule has 0 aromatic carbocycles. The Labute approximate surface area is 193 Å². The third-order valence-electron chi connectivity index (χ3n) is 0. The standard InChI is InChI=1S/6O.2Sb.3Sr/q6*-1;;;3*+2. The van der Waals surface area contributed by atoms with Gasteiger partial charge in [-0.2, -0.15) is 0 Å². The van der Waals surface area contributed by atoms with E-state index in [1.807, 2.05) is 0 Å². The second-order valence-corrected chi connectivity index (χ2v) is 3.00. The van der Waals surface area contributed by atoms with Crippen LogP contribution in [-0.2, 0) is 0 Å². The molecule has 0 atom stereocenters. The molecule has 0 spiro atoms. The Morgan fingerprint density at radius 2 is 0.455 bits per heavy atom. The quantitative estimate of drug-likeness (QED) is 0.253. The van der Waals surface area contributed by atoms with Gasteiger partial charge in [0.25, 0.3) is 0 Å². The Balaban J connectivity index is -0.0000000171. The molecule has 0 bridgehead atoms. The molecule has 0 aromatic rings. The van der Waals surface area contributed by atoms with Gasteiger partial charge >= 0.3 is 200 Å². The third-order valence-corrected chi connectivity index (χ3v) is 0. The summed E-state index contributed by atoms with van der Waals surface area (Å²) in [5, 5.41) is 0. The molecule has 0 fully saturated rings. The molecule has 0 radical (unpaired) electrons. The van der Waals surface area contributed by atoms with Crippen LogP contribution in [-0.4, -0.2) is 179 Å². The normalized spacial score (nSPS) is 6.55. The van der Waals surface area contributed by atoms with E-state index in [1.165, 1.54) is 0 Å². The average Bonchev–Trinajstić information content (AvgIpc) is 1.25. The van der Waals surface area contributed by atoms with Crippen molar-refractivity contribution < 1.29 is 20.3 Å². The van der Waals surface area contributed by atoms with Gasteiger partial charge in [0, 0.05) is 0 Å². The molecule has 0 unspecified atom stereocenters. The van der Waals surface area contributed by atoms with Gasteiger partial charge in [-0.25, -0.2) is 0 Å². The van der Waals surface area contributed by atoms with Crippen molar-refractivity contribution in [3.8, 4) is 0 Å². The minimum absolute atomic E-state index is 0. The molecule has 0 aliphatic carbocycles. The molecular formula is O6Sb2Sr3. The van der Waals surface area contributed by atoms with Crippen LogP contribution in [0.1, 0.15) is 0 Å². The summed E-state index contributed by atoms with van der Waals surface area (Å²) in [5.74, 6) is 0. The van der Waals surface area contributed by atoms with E-state index >= 15 is 0 Å². The first-order chi connectivity index (χ1) is 3.46. The van der Waals surface area contributed by atoms with E-state index in [1.54, 1.807) is 0 Å². The fourth-order valence-corrected chi connectivity index (χ4v) is 0. The van der Waals surface area contributed by atoms with Gasteiger partial charge in [0.05, 0.1) is 0 Å². The molecule has 0 N–H and O–H groups in total. The van der Waals surface area contributed by atoms with Gasteiger partial charge in [0.15, 0.2) is 0 Å². The van der Waals surface area contributed by atoms with Gasteiger partial charge in [-0.05, 0) is 0 Å². The van der Waals surface area contributed by atoms with E-state index in [0.717, 1.165) is 0 Å². The number of hydrogen-bond acceptors (Lipinski definition) is 6. The van der Waals surface area contributed by atoms with Crippen molar-refractivity contribution in [1.82, 2.24) is 0 Å². The molecule has 52 valence electrons. The maximum Gasteiger partial charge on any atom is 2.00 e. The van der Waals surface area contributed by atoms with Crippen LogP contribution in [0.25, 0.3) is 0 Å². The van der Waals surface area contributed by atoms with Gasteiger partial charge in [-0.3, -0.25) is 0 Å². The minimum atomic E-state index is -4.20. The molecule has 0 aromatic heterocycles. The van der Waals surface area contributed by atoms with Crippen LogP contribution >= 0.6 is 0 Å². The third kappa shape index (κ3) is 89.0. The van der Waals surface area contributed by atoms with Crippen molar-refractivity contribution in [1.29, 1.82) is 0 Å². The summed E-state index contributed by atoms with van der Waals surface area (Å²) >= 11 is -8.40. The summed E-state index contributed by atoms with van der Waals surface area (Å²) in [4.78, 5) is 0. The molecule has 0 heterocycles. The minimum Gasteiger partial charge on any atom is 2.00 e. The molecule has 0 amide bonds. The van der Waals surface area contributed by atoms with E-state index in [0.29, 0.717) is 0 Å². The molecule has 0 aliphatic rings. The first-order valence-electron chi connectivity index (χ1n) is 1.10. The largest absolute Gasteiger partial charge is 2.00 e. The van der Waals surface area contributed by atoms with Gasteiger partial charge in [-0.1, -0.05) is 0 Å². The molecule has 0 saturated carbocycles. The summed E-state index contributed by atoms with van der Waals surface area (Å²) in [5.41, 5.74) is 0. The van der Waals surface area contributed by atoms with Gasteiger partial charge in [0.2, 0.25) is 0 Å². The zero-order chi connectivity index (χ0) is 7.15. The first kappa shape index (κ1) is 30.1. The number of hydrogen-bond donors (Lipinski definition) is 0. The van der Waals surface area contributed by atoms with Crippen LogP contribution in [0.15, 0.2) is 0 Å². The van der Waals surface area contributed by atoms with Gasteiger partial charge < -0.3 is 0 Å². The fraction of sp³-hybridized carbons (Fsp3) is 0. The van der Waals surface area contributed by atoms with E-state index in [-0.39, 0.29) is 136 Å². The Kier molecular flexibility index (Phi) is 68.2. The van der Waals surface area contributed by atoms with Crippen LogP contribution < -0.4 is 20.3 Å². The number of rotatable bonds is 0. The Bertz CT molecular complexity index is 31.3. The van der Waals surface area contributed by atoms with Crippen LogP contribution in [0, 0.1) is 0 Å². The van der Waals surface area contributed by atoms with Gasteiger partial charge in [-0.15, -0.1) is 0 Å². The van der Waals surface area contributed by atoms with Crippen molar-refractivity contribution in [2.75, 3.05) is 0 Å². The van der Waals surface area contributed by atoms with Crippen LogP contribution in [0.5, 0.6) is 0 Å². The fourth-order valence-electron chi connectivity index (χ4n) is 0. The topological polar surface area (TPSA) is 138 Å². The van der Waals surface area contributed by atoms with Crippen LogP contribution in [0.3, 0.4) is 0 Å². The van der Waals surface area contributed by atoms with Crippen LogP contribution in [0.2, 0.25) is 0 Å². The van der Waals surface area contributed by atoms with Crippen molar-refractivity contribution >= 4 is 179 Å².